The van der Waals surface area contributed by atoms with Crippen LogP contribution in [-0.2, 0) is 0 Å². The maximum absolute atomic E-state index is 8.73. The van der Waals surface area contributed by atoms with Crippen LogP contribution >= 0.6 is 0 Å². The summed E-state index contributed by atoms with van der Waals surface area (Å²) in [6.07, 6.45) is 32.6. The summed E-state index contributed by atoms with van der Waals surface area (Å²) in [6.45, 7) is 2.67. The fourth-order valence-electron chi connectivity index (χ4n) is 3.90. The van der Waals surface area contributed by atoms with Gasteiger partial charge in [0.15, 0.2) is 0 Å². The molecule has 1 nitrogen and oxygen atoms in total. The van der Waals surface area contributed by atoms with Gasteiger partial charge in [-0.15, -0.1) is 0 Å². The van der Waals surface area contributed by atoms with E-state index >= 15 is 0 Å². The molecule has 0 atom stereocenters. The highest BCUT2D eigenvalue weighted by Gasteiger charge is 1.95. The molecule has 0 radical (unpaired) electrons. The molecule has 0 aromatic carbocycles. The van der Waals surface area contributed by atoms with Gasteiger partial charge in [0.2, 0.25) is 0 Å². The average Bonchev–Trinajstić information content (AvgIpc) is 2.66. The summed E-state index contributed by atoms with van der Waals surface area (Å²) in [6, 6.07) is 0. The van der Waals surface area contributed by atoms with Gasteiger partial charge in [-0.1, -0.05) is 148 Å². The second-order valence-electron chi connectivity index (χ2n) is 8.50. The fourth-order valence-corrected chi connectivity index (χ4v) is 3.90. The quantitative estimate of drug-likeness (QED) is 0.178. The number of hydrogen-bond donors (Lipinski definition) is 1. The van der Waals surface area contributed by atoms with Crippen LogP contribution in [0.4, 0.5) is 0 Å². The fraction of sp³-hybridized carbons (Fsp3) is 1.00. The molecule has 1 heteroatoms. The van der Waals surface area contributed by atoms with Gasteiger partial charge in [-0.3, -0.25) is 0 Å². The Bertz CT molecular complexity index is 202. The van der Waals surface area contributed by atoms with E-state index in [1.54, 1.807) is 0 Å². The Kier molecular flexibility index (Phi) is 24.9. The third-order valence-corrected chi connectivity index (χ3v) is 5.76. The van der Waals surface area contributed by atoms with E-state index in [1.807, 2.05) is 0 Å². The van der Waals surface area contributed by atoms with Crippen LogP contribution < -0.4 is 0 Å². The summed E-state index contributed by atoms with van der Waals surface area (Å²) < 4.78 is 0. The number of aliphatic hydroxyl groups is 1. The lowest BCUT2D eigenvalue weighted by atomic mass is 10.0. The molecule has 0 aromatic heterocycles. The van der Waals surface area contributed by atoms with E-state index in [4.69, 9.17) is 5.11 Å². The molecule has 0 unspecified atom stereocenters. The monoisotopic (exact) mass is 368 g/mol. The largest absolute Gasteiger partial charge is 0.396 e. The third kappa shape index (κ3) is 24.0. The van der Waals surface area contributed by atoms with Crippen molar-refractivity contribution in [2.75, 3.05) is 6.61 Å². The SMILES string of the molecule is CCCCCCCCCCCCCCCCCCCCCCCCCO. The van der Waals surface area contributed by atoms with Gasteiger partial charge in [-0.2, -0.15) is 0 Å². The molecule has 0 fully saturated rings. The van der Waals surface area contributed by atoms with Crippen molar-refractivity contribution < 1.29 is 5.11 Å². The van der Waals surface area contributed by atoms with Gasteiger partial charge in [-0.05, 0) is 6.42 Å². The van der Waals surface area contributed by atoms with Crippen molar-refractivity contribution in [3.8, 4) is 0 Å². The van der Waals surface area contributed by atoms with E-state index in [2.05, 4.69) is 6.92 Å². The maximum atomic E-state index is 8.73. The molecule has 0 aliphatic heterocycles. The van der Waals surface area contributed by atoms with Crippen molar-refractivity contribution in [2.24, 2.45) is 0 Å². The molecule has 0 aromatic rings. The molecule has 1 N–H and O–H groups in total. The van der Waals surface area contributed by atoms with E-state index in [9.17, 15) is 0 Å². The lowest BCUT2D eigenvalue weighted by Gasteiger charge is -2.04. The average molecular weight is 369 g/mol. The Morgan fingerprint density at radius 3 is 0.692 bits per heavy atom. The molecule has 0 aliphatic rings. The van der Waals surface area contributed by atoms with Gasteiger partial charge < -0.3 is 5.11 Å². The zero-order valence-electron chi connectivity index (χ0n) is 18.4. The molecule has 0 rings (SSSR count). The first-order chi connectivity index (χ1) is 12.9. The van der Waals surface area contributed by atoms with E-state index in [-0.39, 0.29) is 0 Å². The maximum Gasteiger partial charge on any atom is 0.0431 e. The molecule has 0 spiro atoms. The Morgan fingerprint density at radius 2 is 0.500 bits per heavy atom. The standard InChI is InChI=1S/C25H52O/c1-2-3-4-5-6-7-8-9-10-11-12-13-14-15-16-17-18-19-20-21-22-23-24-25-26/h26H,2-25H2,1H3. The topological polar surface area (TPSA) is 20.2 Å². The van der Waals surface area contributed by atoms with Crippen molar-refractivity contribution in [1.29, 1.82) is 0 Å². The Morgan fingerprint density at radius 1 is 0.308 bits per heavy atom. The zero-order valence-corrected chi connectivity index (χ0v) is 18.4. The van der Waals surface area contributed by atoms with Gasteiger partial charge in [0.1, 0.15) is 0 Å². The molecular formula is C25H52O. The lowest BCUT2D eigenvalue weighted by molar-refractivity contribution is 0.282. The van der Waals surface area contributed by atoms with Crippen LogP contribution in [0.25, 0.3) is 0 Å². The van der Waals surface area contributed by atoms with Crippen molar-refractivity contribution in [2.45, 2.75) is 155 Å². The molecule has 158 valence electrons. The summed E-state index contributed by atoms with van der Waals surface area (Å²) in [5.41, 5.74) is 0. The Labute approximate surface area is 166 Å². The third-order valence-electron chi connectivity index (χ3n) is 5.76. The van der Waals surface area contributed by atoms with E-state index in [0.717, 1.165) is 6.42 Å². The van der Waals surface area contributed by atoms with Crippen LogP contribution in [0, 0.1) is 0 Å². The van der Waals surface area contributed by atoms with Crippen LogP contribution in [0.3, 0.4) is 0 Å². The first-order valence-corrected chi connectivity index (χ1v) is 12.5. The summed E-state index contributed by atoms with van der Waals surface area (Å²) >= 11 is 0. The molecule has 0 amide bonds. The molecule has 0 aliphatic carbocycles. The van der Waals surface area contributed by atoms with E-state index < -0.39 is 0 Å². The summed E-state index contributed by atoms with van der Waals surface area (Å²) in [5, 5.41) is 8.73. The number of rotatable bonds is 23. The van der Waals surface area contributed by atoms with Crippen LogP contribution in [0.5, 0.6) is 0 Å². The number of aliphatic hydroxyl groups excluding tert-OH is 1. The van der Waals surface area contributed by atoms with Gasteiger partial charge in [0.05, 0.1) is 0 Å². The van der Waals surface area contributed by atoms with Crippen LogP contribution in [0.2, 0.25) is 0 Å². The van der Waals surface area contributed by atoms with E-state index in [1.165, 1.54) is 141 Å². The zero-order chi connectivity index (χ0) is 19.0. The van der Waals surface area contributed by atoms with Crippen molar-refractivity contribution in [3.63, 3.8) is 0 Å². The predicted octanol–water partition coefficient (Wildman–Crippen LogP) is 8.97. The Hall–Kier alpha value is -0.0400. The highest BCUT2D eigenvalue weighted by molar-refractivity contribution is 4.51. The second kappa shape index (κ2) is 25.0. The van der Waals surface area contributed by atoms with Crippen molar-refractivity contribution >= 4 is 0 Å². The first-order valence-electron chi connectivity index (χ1n) is 12.5. The highest BCUT2D eigenvalue weighted by atomic mass is 16.2. The van der Waals surface area contributed by atoms with E-state index in [0.29, 0.717) is 6.61 Å². The van der Waals surface area contributed by atoms with Crippen molar-refractivity contribution in [1.82, 2.24) is 0 Å². The second-order valence-corrected chi connectivity index (χ2v) is 8.50. The van der Waals surface area contributed by atoms with Crippen LogP contribution in [-0.4, -0.2) is 11.7 Å². The normalized spacial score (nSPS) is 11.3. The molecule has 0 heterocycles. The van der Waals surface area contributed by atoms with Gasteiger partial charge >= 0.3 is 0 Å². The van der Waals surface area contributed by atoms with Crippen LogP contribution in [0.15, 0.2) is 0 Å². The van der Waals surface area contributed by atoms with Gasteiger partial charge in [0.25, 0.3) is 0 Å². The van der Waals surface area contributed by atoms with Crippen LogP contribution in [0.1, 0.15) is 155 Å². The minimum absolute atomic E-state index is 0.374. The van der Waals surface area contributed by atoms with Crippen molar-refractivity contribution in [3.05, 3.63) is 0 Å². The Balaban J connectivity index is 2.95. The lowest BCUT2D eigenvalue weighted by Crippen LogP contribution is -1.85. The predicted molar refractivity (Wildman–Crippen MR) is 119 cm³/mol. The minimum Gasteiger partial charge on any atom is -0.396 e. The summed E-state index contributed by atoms with van der Waals surface area (Å²) in [7, 11) is 0. The molecule has 0 saturated heterocycles. The molecule has 0 bridgehead atoms. The molecule has 0 saturated carbocycles. The smallest absolute Gasteiger partial charge is 0.0431 e. The number of unbranched alkanes of at least 4 members (excludes halogenated alkanes) is 22. The highest BCUT2D eigenvalue weighted by Crippen LogP contribution is 2.15. The van der Waals surface area contributed by atoms with Gasteiger partial charge in [-0.25, -0.2) is 0 Å². The summed E-state index contributed by atoms with van der Waals surface area (Å²) in [4.78, 5) is 0. The number of hydrogen-bond acceptors (Lipinski definition) is 1. The summed E-state index contributed by atoms with van der Waals surface area (Å²) in [5.74, 6) is 0. The molecule has 26 heavy (non-hydrogen) atoms. The molecular weight excluding hydrogens is 316 g/mol. The van der Waals surface area contributed by atoms with Gasteiger partial charge in [0, 0.05) is 6.61 Å². The first kappa shape index (κ1) is 26.0. The minimum atomic E-state index is 0.374.